The molecular weight excluding hydrogens is 445 g/mol. The fourth-order valence-electron chi connectivity index (χ4n) is 4.68. The summed E-state index contributed by atoms with van der Waals surface area (Å²) in [7, 11) is 0. The standard InChI is InChI=1S/C25H31ClFN3O3/c1-19-13-22(5-6-23(19)26)33-18-25(14-24(31)30-9-11-32-12-10-30)7-2-8-29(17-25)16-21-4-3-20(27)15-28-21/h3-6,13,15H,2,7-12,14,16-18H2,1H3. The van der Waals surface area contributed by atoms with Crippen molar-refractivity contribution in [2.75, 3.05) is 46.0 Å². The Bertz CT molecular complexity index is 952. The molecule has 2 aliphatic rings. The summed E-state index contributed by atoms with van der Waals surface area (Å²) in [6.07, 6.45) is 3.54. The lowest BCUT2D eigenvalue weighted by Crippen LogP contribution is -2.50. The molecule has 4 rings (SSSR count). The van der Waals surface area contributed by atoms with Gasteiger partial charge in [-0.3, -0.25) is 14.7 Å². The van der Waals surface area contributed by atoms with Crippen molar-refractivity contribution in [1.82, 2.24) is 14.8 Å². The lowest BCUT2D eigenvalue weighted by Gasteiger charge is -2.43. The molecule has 0 saturated carbocycles. The van der Waals surface area contributed by atoms with Gasteiger partial charge in [0.05, 0.1) is 31.7 Å². The van der Waals surface area contributed by atoms with Crippen molar-refractivity contribution < 1.29 is 18.7 Å². The number of hydrogen-bond donors (Lipinski definition) is 0. The van der Waals surface area contributed by atoms with Gasteiger partial charge in [0.2, 0.25) is 5.91 Å². The fraction of sp³-hybridized carbons (Fsp3) is 0.520. The number of nitrogens with zero attached hydrogens (tertiary/aromatic N) is 3. The van der Waals surface area contributed by atoms with Crippen molar-refractivity contribution in [3.05, 3.63) is 58.6 Å². The van der Waals surface area contributed by atoms with Crippen LogP contribution in [0, 0.1) is 18.2 Å². The van der Waals surface area contributed by atoms with E-state index in [2.05, 4.69) is 9.88 Å². The van der Waals surface area contributed by atoms with E-state index < -0.39 is 0 Å². The van der Waals surface area contributed by atoms with Crippen LogP contribution in [-0.4, -0.2) is 66.7 Å². The minimum absolute atomic E-state index is 0.149. The van der Waals surface area contributed by atoms with Crippen molar-refractivity contribution in [2.45, 2.75) is 32.7 Å². The van der Waals surface area contributed by atoms with Crippen LogP contribution >= 0.6 is 11.6 Å². The first-order valence-electron chi connectivity index (χ1n) is 11.5. The van der Waals surface area contributed by atoms with Crippen LogP contribution in [0.1, 0.15) is 30.5 Å². The van der Waals surface area contributed by atoms with E-state index in [1.807, 2.05) is 30.0 Å². The largest absolute Gasteiger partial charge is 0.493 e. The highest BCUT2D eigenvalue weighted by Gasteiger charge is 2.39. The van der Waals surface area contributed by atoms with Crippen molar-refractivity contribution in [1.29, 1.82) is 0 Å². The van der Waals surface area contributed by atoms with Gasteiger partial charge in [-0.05, 0) is 62.2 Å². The molecule has 3 heterocycles. The second-order valence-electron chi connectivity index (χ2n) is 9.15. The number of aromatic nitrogens is 1. The Morgan fingerprint density at radius 3 is 2.79 bits per heavy atom. The predicted octanol–water partition coefficient (Wildman–Crippen LogP) is 4.09. The van der Waals surface area contributed by atoms with Crippen LogP contribution in [0.2, 0.25) is 5.02 Å². The number of pyridine rings is 1. The number of benzene rings is 1. The van der Waals surface area contributed by atoms with E-state index in [-0.39, 0.29) is 17.1 Å². The Hall–Kier alpha value is -2.22. The third-order valence-electron chi connectivity index (χ3n) is 6.48. The molecule has 1 aromatic heterocycles. The highest BCUT2D eigenvalue weighted by atomic mass is 35.5. The van der Waals surface area contributed by atoms with Crippen LogP contribution in [0.25, 0.3) is 0 Å². The zero-order valence-corrected chi connectivity index (χ0v) is 19.8. The SMILES string of the molecule is Cc1cc(OCC2(CC(=O)N3CCOCC3)CCCN(Cc3ccc(F)cn3)C2)ccc1Cl. The van der Waals surface area contributed by atoms with Crippen LogP contribution in [0.3, 0.4) is 0 Å². The maximum absolute atomic E-state index is 13.3. The van der Waals surface area contributed by atoms with Crippen LogP contribution < -0.4 is 4.74 Å². The molecule has 0 bridgehead atoms. The van der Waals surface area contributed by atoms with Crippen molar-refractivity contribution >= 4 is 17.5 Å². The Morgan fingerprint density at radius 2 is 2.06 bits per heavy atom. The lowest BCUT2D eigenvalue weighted by atomic mass is 9.77. The van der Waals surface area contributed by atoms with Gasteiger partial charge >= 0.3 is 0 Å². The number of hydrogen-bond acceptors (Lipinski definition) is 5. The third-order valence-corrected chi connectivity index (χ3v) is 6.90. The van der Waals surface area contributed by atoms with Gasteiger partial charge in [0.1, 0.15) is 11.6 Å². The molecule has 1 unspecified atom stereocenters. The first-order valence-corrected chi connectivity index (χ1v) is 11.9. The van der Waals surface area contributed by atoms with Gasteiger partial charge in [-0.2, -0.15) is 0 Å². The molecule has 1 aromatic carbocycles. The summed E-state index contributed by atoms with van der Waals surface area (Å²) in [5, 5.41) is 0.704. The average Bonchev–Trinajstić information content (AvgIpc) is 2.82. The molecule has 8 heteroatoms. The third kappa shape index (κ3) is 6.43. The quantitative estimate of drug-likeness (QED) is 0.603. The van der Waals surface area contributed by atoms with Crippen LogP contribution in [0.5, 0.6) is 5.75 Å². The highest BCUT2D eigenvalue weighted by molar-refractivity contribution is 6.31. The van der Waals surface area contributed by atoms with E-state index in [9.17, 15) is 9.18 Å². The number of halogens is 2. The number of carbonyl (C=O) groups is 1. The molecule has 33 heavy (non-hydrogen) atoms. The molecule has 6 nitrogen and oxygen atoms in total. The molecule has 0 radical (unpaired) electrons. The molecule has 0 aliphatic carbocycles. The average molecular weight is 476 g/mol. The van der Waals surface area contributed by atoms with Crippen LogP contribution in [0.15, 0.2) is 36.5 Å². The second kappa shape index (κ2) is 10.8. The minimum atomic E-state index is -0.338. The van der Waals surface area contributed by atoms with Gasteiger partial charge in [0.25, 0.3) is 0 Å². The first-order chi connectivity index (χ1) is 15.9. The van der Waals surface area contributed by atoms with Crippen molar-refractivity contribution in [2.24, 2.45) is 5.41 Å². The van der Waals surface area contributed by atoms with Gasteiger partial charge in [0, 0.05) is 43.0 Å². The first kappa shape index (κ1) is 23.9. The summed E-state index contributed by atoms with van der Waals surface area (Å²) in [4.78, 5) is 21.6. The molecule has 2 fully saturated rings. The summed E-state index contributed by atoms with van der Waals surface area (Å²) < 4.78 is 24.9. The van der Waals surface area contributed by atoms with Crippen LogP contribution in [-0.2, 0) is 16.1 Å². The van der Waals surface area contributed by atoms with E-state index in [1.54, 1.807) is 6.07 Å². The molecule has 1 atom stereocenters. The van der Waals surface area contributed by atoms with Gasteiger partial charge in [0.15, 0.2) is 0 Å². The Kier molecular flexibility index (Phi) is 7.83. The number of rotatable bonds is 7. The molecule has 178 valence electrons. The maximum atomic E-state index is 13.3. The molecule has 1 amide bonds. The number of likely N-dealkylation sites (tertiary alicyclic amines) is 1. The second-order valence-corrected chi connectivity index (χ2v) is 9.56. The minimum Gasteiger partial charge on any atom is -0.493 e. The van der Waals surface area contributed by atoms with Crippen molar-refractivity contribution in [3.8, 4) is 5.75 Å². The summed E-state index contributed by atoms with van der Waals surface area (Å²) in [5.41, 5.74) is 1.46. The summed E-state index contributed by atoms with van der Waals surface area (Å²) in [6.45, 7) is 7.08. The van der Waals surface area contributed by atoms with E-state index in [0.29, 0.717) is 57.4 Å². The van der Waals surface area contributed by atoms with Crippen LogP contribution in [0.4, 0.5) is 4.39 Å². The maximum Gasteiger partial charge on any atom is 0.223 e. The smallest absolute Gasteiger partial charge is 0.223 e. The zero-order valence-electron chi connectivity index (χ0n) is 19.1. The molecular formula is C25H31ClFN3O3. The normalized spacial score (nSPS) is 21.7. The molecule has 2 aromatic rings. The van der Waals surface area contributed by atoms with Gasteiger partial charge in [-0.15, -0.1) is 0 Å². The fourth-order valence-corrected chi connectivity index (χ4v) is 4.79. The van der Waals surface area contributed by atoms with Gasteiger partial charge in [-0.1, -0.05) is 11.6 Å². The predicted molar refractivity (Wildman–Crippen MR) is 125 cm³/mol. The summed E-state index contributed by atoms with van der Waals surface area (Å²) >= 11 is 6.17. The summed E-state index contributed by atoms with van der Waals surface area (Å²) in [6, 6.07) is 8.80. The molecule has 0 N–H and O–H groups in total. The number of aryl methyl sites for hydroxylation is 1. The Labute approximate surface area is 199 Å². The Morgan fingerprint density at radius 1 is 1.24 bits per heavy atom. The van der Waals surface area contributed by atoms with Crippen molar-refractivity contribution in [3.63, 3.8) is 0 Å². The van der Waals surface area contributed by atoms with Gasteiger partial charge in [-0.25, -0.2) is 4.39 Å². The van der Waals surface area contributed by atoms with E-state index in [1.165, 1.54) is 12.3 Å². The molecule has 0 spiro atoms. The zero-order chi connectivity index (χ0) is 23.3. The molecule has 2 aliphatic heterocycles. The van der Waals surface area contributed by atoms with Gasteiger partial charge < -0.3 is 14.4 Å². The summed E-state index contributed by atoms with van der Waals surface area (Å²) in [5.74, 6) is 0.567. The topological polar surface area (TPSA) is 54.9 Å². The monoisotopic (exact) mass is 475 g/mol. The van der Waals surface area contributed by atoms with E-state index in [4.69, 9.17) is 21.1 Å². The number of morpholine rings is 1. The lowest BCUT2D eigenvalue weighted by molar-refractivity contribution is -0.139. The number of ether oxygens (including phenoxy) is 2. The highest BCUT2D eigenvalue weighted by Crippen LogP contribution is 2.36. The van der Waals surface area contributed by atoms with E-state index in [0.717, 1.165) is 36.4 Å². The Balaban J connectivity index is 1.49. The number of amides is 1. The number of carbonyl (C=O) groups excluding carboxylic acids is 1. The molecule has 2 saturated heterocycles. The number of piperidine rings is 1. The van der Waals surface area contributed by atoms with E-state index >= 15 is 0 Å².